The van der Waals surface area contributed by atoms with Crippen molar-refractivity contribution >= 4 is 5.91 Å². The van der Waals surface area contributed by atoms with Crippen LogP contribution in [0.25, 0.3) is 0 Å². The maximum absolute atomic E-state index is 12.9. The highest BCUT2D eigenvalue weighted by molar-refractivity contribution is 5.79. The number of carbonyl (C=O) groups is 1. The Morgan fingerprint density at radius 1 is 1.40 bits per heavy atom. The molecule has 0 aliphatic carbocycles. The van der Waals surface area contributed by atoms with Crippen molar-refractivity contribution in [3.05, 3.63) is 35.4 Å². The highest BCUT2D eigenvalue weighted by Crippen LogP contribution is 2.32. The summed E-state index contributed by atoms with van der Waals surface area (Å²) >= 11 is 0. The van der Waals surface area contributed by atoms with Crippen LogP contribution in [0.4, 0.5) is 13.2 Å². The van der Waals surface area contributed by atoms with E-state index >= 15 is 0 Å². The quantitative estimate of drug-likeness (QED) is 0.924. The number of hydrogen-bond donors (Lipinski definition) is 1. The summed E-state index contributed by atoms with van der Waals surface area (Å²) in [6.07, 6.45) is -3.65. The number of hydrogen-bond acceptors (Lipinski definition) is 2. The zero-order valence-electron chi connectivity index (χ0n) is 11.2. The van der Waals surface area contributed by atoms with E-state index in [0.29, 0.717) is 6.54 Å². The van der Waals surface area contributed by atoms with Gasteiger partial charge in [-0.1, -0.05) is 18.2 Å². The van der Waals surface area contributed by atoms with Crippen molar-refractivity contribution in [2.75, 3.05) is 20.1 Å². The van der Waals surface area contributed by atoms with Crippen LogP contribution in [0.1, 0.15) is 17.5 Å². The molecule has 20 heavy (non-hydrogen) atoms. The largest absolute Gasteiger partial charge is 0.416 e. The van der Waals surface area contributed by atoms with Gasteiger partial charge in [0.1, 0.15) is 0 Å². The summed E-state index contributed by atoms with van der Waals surface area (Å²) < 4.78 is 38.7. The van der Waals surface area contributed by atoms with Crippen molar-refractivity contribution in [1.29, 1.82) is 0 Å². The SMILES string of the molecule is CN(Cc1ccccc1C(F)(F)F)C(=O)[C@H]1CCNC1. The van der Waals surface area contributed by atoms with Crippen molar-refractivity contribution < 1.29 is 18.0 Å². The molecule has 1 aromatic rings. The number of alkyl halides is 3. The fourth-order valence-electron chi connectivity index (χ4n) is 2.45. The standard InChI is InChI=1S/C14H17F3N2O/c1-19(13(20)10-6-7-18-8-10)9-11-4-2-3-5-12(11)14(15,16)17/h2-5,10,18H,6-9H2,1H3/t10-/m0/s1. The molecule has 1 aliphatic rings. The van der Waals surface area contributed by atoms with Gasteiger partial charge in [0.2, 0.25) is 5.91 Å². The van der Waals surface area contributed by atoms with Crippen molar-refractivity contribution in [1.82, 2.24) is 10.2 Å². The van der Waals surface area contributed by atoms with E-state index in [2.05, 4.69) is 5.32 Å². The predicted molar refractivity (Wildman–Crippen MR) is 68.9 cm³/mol. The summed E-state index contributed by atoms with van der Waals surface area (Å²) in [6, 6.07) is 5.37. The maximum Gasteiger partial charge on any atom is 0.416 e. The van der Waals surface area contributed by atoms with E-state index in [0.717, 1.165) is 19.0 Å². The van der Waals surface area contributed by atoms with E-state index in [9.17, 15) is 18.0 Å². The lowest BCUT2D eigenvalue weighted by Crippen LogP contribution is -2.34. The van der Waals surface area contributed by atoms with E-state index in [1.807, 2.05) is 0 Å². The van der Waals surface area contributed by atoms with Gasteiger partial charge in [-0.2, -0.15) is 13.2 Å². The first-order valence-electron chi connectivity index (χ1n) is 6.50. The summed E-state index contributed by atoms with van der Waals surface area (Å²) in [5.41, 5.74) is -0.550. The monoisotopic (exact) mass is 286 g/mol. The molecule has 0 saturated carbocycles. The van der Waals surface area contributed by atoms with Crippen LogP contribution in [0.5, 0.6) is 0 Å². The number of halogens is 3. The van der Waals surface area contributed by atoms with Gasteiger partial charge in [0.05, 0.1) is 11.5 Å². The van der Waals surface area contributed by atoms with Gasteiger partial charge in [-0.3, -0.25) is 4.79 Å². The van der Waals surface area contributed by atoms with Gasteiger partial charge in [0.15, 0.2) is 0 Å². The first kappa shape index (κ1) is 14.8. The van der Waals surface area contributed by atoms with Gasteiger partial charge in [-0.15, -0.1) is 0 Å². The second-order valence-electron chi connectivity index (χ2n) is 5.04. The smallest absolute Gasteiger partial charge is 0.341 e. The molecule has 1 N–H and O–H groups in total. The normalized spacial score (nSPS) is 19.1. The lowest BCUT2D eigenvalue weighted by atomic mass is 10.0. The van der Waals surface area contributed by atoms with E-state index < -0.39 is 11.7 Å². The first-order chi connectivity index (χ1) is 9.39. The summed E-state index contributed by atoms with van der Waals surface area (Å²) in [6.45, 7) is 1.36. The number of rotatable bonds is 3. The molecule has 1 aliphatic heterocycles. The molecule has 1 aromatic carbocycles. The number of nitrogens with one attached hydrogen (secondary N) is 1. The Labute approximate surface area is 115 Å². The Kier molecular flexibility index (Phi) is 4.32. The average Bonchev–Trinajstić information content (AvgIpc) is 2.91. The summed E-state index contributed by atoms with van der Waals surface area (Å²) in [7, 11) is 1.55. The third kappa shape index (κ3) is 3.30. The van der Waals surface area contributed by atoms with Crippen molar-refractivity contribution in [2.24, 2.45) is 5.92 Å². The van der Waals surface area contributed by atoms with Gasteiger partial charge >= 0.3 is 6.18 Å². The second kappa shape index (κ2) is 5.83. The van der Waals surface area contributed by atoms with Crippen molar-refractivity contribution in [3.8, 4) is 0 Å². The van der Waals surface area contributed by atoms with E-state index in [1.165, 1.54) is 17.0 Å². The molecule has 0 unspecified atom stereocenters. The summed E-state index contributed by atoms with van der Waals surface area (Å²) in [5, 5.41) is 3.08. The van der Waals surface area contributed by atoms with E-state index in [4.69, 9.17) is 0 Å². The van der Waals surface area contributed by atoms with Crippen LogP contribution in [-0.4, -0.2) is 30.9 Å². The molecule has 1 amide bonds. The molecule has 1 atom stereocenters. The molecule has 1 heterocycles. The molecule has 0 radical (unpaired) electrons. The van der Waals surface area contributed by atoms with Gasteiger partial charge < -0.3 is 10.2 Å². The molecule has 1 saturated heterocycles. The lowest BCUT2D eigenvalue weighted by molar-refractivity contribution is -0.140. The number of nitrogens with zero attached hydrogens (tertiary/aromatic N) is 1. The molecule has 110 valence electrons. The van der Waals surface area contributed by atoms with Crippen LogP contribution < -0.4 is 5.32 Å². The Bertz CT molecular complexity index is 482. The second-order valence-corrected chi connectivity index (χ2v) is 5.04. The highest BCUT2D eigenvalue weighted by atomic mass is 19.4. The summed E-state index contributed by atoms with van der Waals surface area (Å²) in [4.78, 5) is 13.5. The number of benzene rings is 1. The fourth-order valence-corrected chi connectivity index (χ4v) is 2.45. The average molecular weight is 286 g/mol. The van der Waals surface area contributed by atoms with Gasteiger partial charge in [0.25, 0.3) is 0 Å². The Hall–Kier alpha value is -1.56. The summed E-state index contributed by atoms with van der Waals surface area (Å²) in [5.74, 6) is -0.231. The third-order valence-electron chi connectivity index (χ3n) is 3.52. The Balaban J connectivity index is 2.11. The van der Waals surface area contributed by atoms with Crippen LogP contribution in [0.3, 0.4) is 0 Å². The van der Waals surface area contributed by atoms with Crippen LogP contribution >= 0.6 is 0 Å². The molecule has 0 spiro atoms. The molecule has 6 heteroatoms. The van der Waals surface area contributed by atoms with Crippen molar-refractivity contribution in [2.45, 2.75) is 19.1 Å². The third-order valence-corrected chi connectivity index (χ3v) is 3.52. The molecule has 3 nitrogen and oxygen atoms in total. The van der Waals surface area contributed by atoms with Crippen LogP contribution in [0.15, 0.2) is 24.3 Å². The fraction of sp³-hybridized carbons (Fsp3) is 0.500. The van der Waals surface area contributed by atoms with Crippen LogP contribution in [-0.2, 0) is 17.5 Å². The van der Waals surface area contributed by atoms with Crippen LogP contribution in [0.2, 0.25) is 0 Å². The Morgan fingerprint density at radius 2 is 2.10 bits per heavy atom. The van der Waals surface area contributed by atoms with E-state index in [1.54, 1.807) is 13.1 Å². The minimum absolute atomic E-state index is 0.0228. The first-order valence-corrected chi connectivity index (χ1v) is 6.50. The Morgan fingerprint density at radius 3 is 2.70 bits per heavy atom. The zero-order chi connectivity index (χ0) is 14.8. The van der Waals surface area contributed by atoms with Gasteiger partial charge in [0, 0.05) is 20.1 Å². The minimum Gasteiger partial charge on any atom is -0.341 e. The maximum atomic E-state index is 12.9. The van der Waals surface area contributed by atoms with Gasteiger partial charge in [-0.05, 0) is 24.6 Å². The molecule has 1 fully saturated rings. The molecule has 0 aromatic heterocycles. The van der Waals surface area contributed by atoms with E-state index in [-0.39, 0.29) is 23.9 Å². The molecule has 2 rings (SSSR count). The molecule has 0 bridgehead atoms. The predicted octanol–water partition coefficient (Wildman–Crippen LogP) is 2.27. The van der Waals surface area contributed by atoms with Crippen molar-refractivity contribution in [3.63, 3.8) is 0 Å². The molecular weight excluding hydrogens is 269 g/mol. The topological polar surface area (TPSA) is 32.3 Å². The number of carbonyl (C=O) groups excluding carboxylic acids is 1. The minimum atomic E-state index is -4.39. The van der Waals surface area contributed by atoms with Gasteiger partial charge in [-0.25, -0.2) is 0 Å². The number of amides is 1. The molecular formula is C14H17F3N2O. The zero-order valence-corrected chi connectivity index (χ0v) is 11.2. The highest BCUT2D eigenvalue weighted by Gasteiger charge is 2.34. The lowest BCUT2D eigenvalue weighted by Gasteiger charge is -2.22. The van der Waals surface area contributed by atoms with Crippen LogP contribution in [0, 0.1) is 5.92 Å².